The highest BCUT2D eigenvalue weighted by molar-refractivity contribution is 9.10. The van der Waals surface area contributed by atoms with Crippen molar-refractivity contribution in [3.8, 4) is 5.75 Å². The molecule has 0 radical (unpaired) electrons. The van der Waals surface area contributed by atoms with Crippen LogP contribution in [-0.4, -0.2) is 22.0 Å². The van der Waals surface area contributed by atoms with E-state index in [9.17, 15) is 14.4 Å². The Morgan fingerprint density at radius 3 is 2.45 bits per heavy atom. The van der Waals surface area contributed by atoms with Crippen molar-refractivity contribution in [2.45, 2.75) is 29.2 Å². The lowest BCUT2D eigenvalue weighted by molar-refractivity contribution is -0.123. The number of benzene rings is 3. The highest BCUT2D eigenvalue weighted by Crippen LogP contribution is 2.69. The molecule has 4 aliphatic rings. The molecular weight excluding hydrogens is 656 g/mol. The normalized spacial score (nSPS) is 29.0. The van der Waals surface area contributed by atoms with E-state index in [1.165, 1.54) is 16.2 Å². The number of thiazole rings is 1. The second-order valence-electron chi connectivity index (χ2n) is 11.4. The van der Waals surface area contributed by atoms with Gasteiger partial charge in [-0.05, 0) is 72.2 Å². The number of halogens is 2. The molecule has 1 aromatic heterocycles. The minimum atomic E-state index is -0.374. The Labute approximate surface area is 263 Å². The summed E-state index contributed by atoms with van der Waals surface area (Å²) in [4.78, 5) is 45.9. The van der Waals surface area contributed by atoms with Gasteiger partial charge in [-0.25, -0.2) is 0 Å². The number of rotatable bonds is 5. The molecule has 1 N–H and O–H groups in total. The minimum Gasteiger partial charge on any atom is -0.489 e. The lowest BCUT2D eigenvalue weighted by Gasteiger charge is -2.43. The molecule has 10 heteroatoms. The first kappa shape index (κ1) is 26.8. The van der Waals surface area contributed by atoms with E-state index in [1.54, 1.807) is 11.8 Å². The second kappa shape index (κ2) is 10.1. The molecule has 42 heavy (non-hydrogen) atoms. The Hall–Kier alpha value is -2.85. The molecule has 212 valence electrons. The molecule has 2 amide bonds. The van der Waals surface area contributed by atoms with Crippen LogP contribution in [0.15, 0.2) is 87.1 Å². The molecule has 2 aliphatic carbocycles. The number of thioether (sulfide) groups is 1. The molecule has 6 unspecified atom stereocenters. The van der Waals surface area contributed by atoms with Crippen molar-refractivity contribution < 1.29 is 14.3 Å². The van der Waals surface area contributed by atoms with Crippen LogP contribution in [-0.2, 0) is 16.2 Å². The van der Waals surface area contributed by atoms with Gasteiger partial charge in [0.15, 0.2) is 0 Å². The Kier molecular flexibility index (Phi) is 6.44. The third-order valence-corrected chi connectivity index (χ3v) is 12.7. The van der Waals surface area contributed by atoms with E-state index in [0.717, 1.165) is 37.7 Å². The number of amides is 2. The second-order valence-corrected chi connectivity index (χ2v) is 15.0. The van der Waals surface area contributed by atoms with E-state index in [4.69, 9.17) is 16.3 Å². The molecule has 8 rings (SSSR count). The molecular formula is C32H24BrClN2O4S2. The van der Waals surface area contributed by atoms with Crippen molar-refractivity contribution in [2.75, 3.05) is 4.90 Å². The Bertz CT molecular complexity index is 1790. The van der Waals surface area contributed by atoms with Gasteiger partial charge in [-0.2, -0.15) is 0 Å². The average molecular weight is 680 g/mol. The fourth-order valence-corrected chi connectivity index (χ4v) is 11.2. The largest absolute Gasteiger partial charge is 0.489 e. The van der Waals surface area contributed by atoms with Crippen LogP contribution < -0.4 is 14.5 Å². The summed E-state index contributed by atoms with van der Waals surface area (Å²) < 4.78 is 7.30. The fourth-order valence-electron chi connectivity index (χ4n) is 7.84. The van der Waals surface area contributed by atoms with Crippen LogP contribution in [0.5, 0.6) is 5.75 Å². The summed E-state index contributed by atoms with van der Waals surface area (Å²) in [6.07, 6.45) is 0.819. The number of carbonyl (C=O) groups is 2. The predicted octanol–water partition coefficient (Wildman–Crippen LogP) is 7.11. The molecule has 3 fully saturated rings. The van der Waals surface area contributed by atoms with Gasteiger partial charge in [-0.15, -0.1) is 11.8 Å². The monoisotopic (exact) mass is 678 g/mol. The van der Waals surface area contributed by atoms with Crippen LogP contribution in [0.25, 0.3) is 0 Å². The van der Waals surface area contributed by atoms with Crippen molar-refractivity contribution in [2.24, 2.45) is 29.6 Å². The molecule has 7 atom stereocenters. The summed E-state index contributed by atoms with van der Waals surface area (Å²) in [6.45, 7) is 0.396. The zero-order chi connectivity index (χ0) is 28.7. The van der Waals surface area contributed by atoms with Gasteiger partial charge in [0.25, 0.3) is 0 Å². The maximum absolute atomic E-state index is 14.0. The first-order valence-electron chi connectivity index (χ1n) is 13.9. The highest BCUT2D eigenvalue weighted by atomic mass is 79.9. The Balaban J connectivity index is 1.21. The third kappa shape index (κ3) is 4.08. The molecule has 0 spiro atoms. The zero-order valence-electron chi connectivity index (χ0n) is 22.0. The van der Waals surface area contributed by atoms with Gasteiger partial charge in [-0.1, -0.05) is 69.2 Å². The maximum atomic E-state index is 14.0. The molecule has 6 nitrogen and oxygen atoms in total. The molecule has 2 bridgehead atoms. The molecule has 2 saturated carbocycles. The minimum absolute atomic E-state index is 0.00528. The van der Waals surface area contributed by atoms with E-state index >= 15 is 0 Å². The smallest absolute Gasteiger partial charge is 0.305 e. The Morgan fingerprint density at radius 2 is 1.69 bits per heavy atom. The van der Waals surface area contributed by atoms with Crippen LogP contribution in [0.3, 0.4) is 0 Å². The lowest BCUT2D eigenvalue weighted by Crippen LogP contribution is -2.42. The van der Waals surface area contributed by atoms with Gasteiger partial charge >= 0.3 is 4.87 Å². The van der Waals surface area contributed by atoms with Gasteiger partial charge in [0.1, 0.15) is 12.4 Å². The van der Waals surface area contributed by atoms with Crippen molar-refractivity contribution in [1.29, 1.82) is 0 Å². The van der Waals surface area contributed by atoms with Crippen molar-refractivity contribution >= 4 is 68.1 Å². The number of hydrogen-bond acceptors (Lipinski definition) is 6. The summed E-state index contributed by atoms with van der Waals surface area (Å²) in [7, 11) is 0. The number of fused-ring (bicyclic) bond motifs is 9. The topological polar surface area (TPSA) is 79.5 Å². The van der Waals surface area contributed by atoms with Crippen LogP contribution in [0.2, 0.25) is 5.02 Å². The van der Waals surface area contributed by atoms with Crippen molar-refractivity contribution in [3.63, 3.8) is 0 Å². The SMILES string of the molecule is O=C1C2C3CC(C2C(=O)N1c1ccc(Br)cc1)C1C3Sc2[nH]c(=O)sc2[C@@H]1c1cc(Cl)ccc1OCc1ccccc1. The van der Waals surface area contributed by atoms with Crippen molar-refractivity contribution in [3.05, 3.63) is 108 Å². The third-order valence-electron chi connectivity index (χ3n) is 9.35. The highest BCUT2D eigenvalue weighted by Gasteiger charge is 2.69. The van der Waals surface area contributed by atoms with E-state index in [1.807, 2.05) is 72.8 Å². The lowest BCUT2D eigenvalue weighted by atomic mass is 9.68. The number of hydrogen-bond donors (Lipinski definition) is 1. The summed E-state index contributed by atoms with van der Waals surface area (Å²) >= 11 is 12.9. The zero-order valence-corrected chi connectivity index (χ0v) is 26.0. The number of carbonyl (C=O) groups excluding carboxylic acids is 2. The van der Waals surface area contributed by atoms with E-state index in [2.05, 4.69) is 20.9 Å². The van der Waals surface area contributed by atoms with Crippen LogP contribution in [0.4, 0.5) is 5.69 Å². The van der Waals surface area contributed by atoms with Gasteiger partial charge in [0.05, 0.1) is 22.5 Å². The quantitative estimate of drug-likeness (QED) is 0.228. The first-order valence-corrected chi connectivity index (χ1v) is 16.7. The summed E-state index contributed by atoms with van der Waals surface area (Å²) in [5.74, 6) is -0.294. The van der Waals surface area contributed by atoms with Crippen molar-refractivity contribution in [1.82, 2.24) is 4.98 Å². The number of nitrogens with one attached hydrogen (secondary N) is 1. The molecule has 3 aromatic carbocycles. The first-order chi connectivity index (χ1) is 20.4. The number of ether oxygens (including phenoxy) is 1. The summed E-state index contributed by atoms with van der Waals surface area (Å²) in [5.41, 5.74) is 2.59. The number of aromatic nitrogens is 1. The standard InChI is InChI=1S/C32H24BrClN2O4S2/c33-16-6-9-18(10-7-16)36-30(37)25-20-13-21(26(25)31(36)38)27-24(20)23(28-29(41-27)35-32(39)42-28)19-12-17(34)8-11-22(19)40-14-15-4-2-1-3-5-15/h1-12,20-21,23-27H,13-14H2,(H,35,39)/t20?,21?,23-,24?,25?,26?,27?/m1/s1. The van der Waals surface area contributed by atoms with Gasteiger partial charge in [-0.3, -0.25) is 19.3 Å². The Morgan fingerprint density at radius 1 is 0.952 bits per heavy atom. The van der Waals surface area contributed by atoms with Gasteiger partial charge < -0.3 is 9.72 Å². The number of imide groups is 1. The number of H-pyrrole nitrogens is 1. The maximum Gasteiger partial charge on any atom is 0.305 e. The predicted molar refractivity (Wildman–Crippen MR) is 167 cm³/mol. The van der Waals surface area contributed by atoms with Crippen LogP contribution in [0.1, 0.15) is 28.3 Å². The van der Waals surface area contributed by atoms with E-state index in [0.29, 0.717) is 17.3 Å². The molecule has 3 heterocycles. The number of anilines is 1. The van der Waals surface area contributed by atoms with E-state index in [-0.39, 0.29) is 57.4 Å². The van der Waals surface area contributed by atoms with Gasteiger partial charge in [0, 0.05) is 31.1 Å². The fraction of sp³-hybridized carbons (Fsp3) is 0.281. The molecule has 1 saturated heterocycles. The van der Waals surface area contributed by atoms with Gasteiger partial charge in [0.2, 0.25) is 11.8 Å². The summed E-state index contributed by atoms with van der Waals surface area (Å²) in [6, 6.07) is 23.0. The summed E-state index contributed by atoms with van der Waals surface area (Å²) in [5, 5.41) is 1.53. The number of aromatic amines is 1. The molecule has 2 aliphatic heterocycles. The van der Waals surface area contributed by atoms with E-state index < -0.39 is 0 Å². The van der Waals surface area contributed by atoms with Crippen LogP contribution >= 0.6 is 50.6 Å². The van der Waals surface area contributed by atoms with Crippen LogP contribution in [0, 0.1) is 29.6 Å². The average Bonchev–Trinajstić information content (AvgIpc) is 3.72. The molecule has 4 aromatic rings. The number of nitrogens with zero attached hydrogens (tertiary/aromatic N) is 1.